The average molecular weight is 441 g/mol. The number of methoxy groups -OCH3 is 3. The van der Waals surface area contributed by atoms with Crippen molar-refractivity contribution in [2.45, 2.75) is 26.1 Å². The lowest BCUT2D eigenvalue weighted by Gasteiger charge is -2.17. The molecule has 1 unspecified atom stereocenters. The van der Waals surface area contributed by atoms with E-state index in [1.807, 2.05) is 31.3 Å². The number of rotatable bonds is 11. The molecule has 2 aromatic heterocycles. The van der Waals surface area contributed by atoms with Crippen molar-refractivity contribution in [1.82, 2.24) is 20.2 Å². The minimum absolute atomic E-state index is 0.0482. The second-order valence-corrected chi connectivity index (χ2v) is 7.60. The van der Waals surface area contributed by atoms with Crippen LogP contribution in [-0.4, -0.2) is 50.2 Å². The minimum Gasteiger partial charge on any atom is -0.496 e. The molecule has 0 saturated carbocycles. The summed E-state index contributed by atoms with van der Waals surface area (Å²) in [5.74, 6) is 1.46. The van der Waals surface area contributed by atoms with Crippen LogP contribution in [0.1, 0.15) is 18.9 Å². The van der Waals surface area contributed by atoms with Crippen LogP contribution in [0, 0.1) is 0 Å². The first-order valence-electron chi connectivity index (χ1n) is 10.7. The maximum Gasteiger partial charge on any atom is 0.259 e. The molecular weight excluding hydrogens is 408 g/mol. The van der Waals surface area contributed by atoms with Crippen molar-refractivity contribution in [3.63, 3.8) is 0 Å². The summed E-state index contributed by atoms with van der Waals surface area (Å²) < 4.78 is 18.2. The van der Waals surface area contributed by atoms with Crippen LogP contribution >= 0.6 is 0 Å². The largest absolute Gasteiger partial charge is 0.496 e. The lowest BCUT2D eigenvalue weighted by atomic mass is 9.99. The third-order valence-electron chi connectivity index (χ3n) is 5.52. The molecule has 0 bridgehead atoms. The summed E-state index contributed by atoms with van der Waals surface area (Å²) >= 11 is 0. The molecule has 8 nitrogen and oxygen atoms in total. The van der Waals surface area contributed by atoms with E-state index in [1.54, 1.807) is 45.3 Å². The monoisotopic (exact) mass is 440 g/mol. The van der Waals surface area contributed by atoms with Crippen molar-refractivity contribution in [3.8, 4) is 22.6 Å². The smallest absolute Gasteiger partial charge is 0.259 e. The zero-order valence-electron chi connectivity index (χ0n) is 19.4. The van der Waals surface area contributed by atoms with Crippen molar-refractivity contribution in [1.29, 1.82) is 0 Å². The van der Waals surface area contributed by atoms with Crippen LogP contribution in [0.4, 0.5) is 0 Å². The van der Waals surface area contributed by atoms with Gasteiger partial charge in [0.05, 0.1) is 19.6 Å². The Morgan fingerprint density at radius 2 is 1.81 bits per heavy atom. The van der Waals surface area contributed by atoms with Gasteiger partial charge in [0.1, 0.15) is 17.7 Å². The Bertz CT molecular complexity index is 1090. The summed E-state index contributed by atoms with van der Waals surface area (Å²) in [7, 11) is 6.74. The molecular formula is C24H32N4O4. The Kier molecular flexibility index (Phi) is 8.21. The van der Waals surface area contributed by atoms with Gasteiger partial charge in [-0.15, -0.1) is 0 Å². The standard InChI is InChI=1S/C24H32N4O4/c1-16(30-3)27-9-6-8-25-14-20-22(31-4)11-17(12-23(20)32-5)21-15-28(2)24(29)19-13-26-10-7-18(19)21/h7,10-13,15-16,25,27H,6,8-9,14H2,1-5H3. The lowest BCUT2D eigenvalue weighted by Crippen LogP contribution is -2.30. The van der Waals surface area contributed by atoms with E-state index in [0.717, 1.165) is 53.1 Å². The van der Waals surface area contributed by atoms with Gasteiger partial charge in [0, 0.05) is 50.4 Å². The highest BCUT2D eigenvalue weighted by molar-refractivity contribution is 5.95. The maximum absolute atomic E-state index is 12.5. The number of aromatic nitrogens is 2. The molecule has 2 N–H and O–H groups in total. The van der Waals surface area contributed by atoms with Crippen LogP contribution in [0.15, 0.2) is 41.6 Å². The van der Waals surface area contributed by atoms with E-state index in [-0.39, 0.29) is 11.8 Å². The first kappa shape index (κ1) is 23.7. The molecule has 172 valence electrons. The van der Waals surface area contributed by atoms with E-state index in [1.165, 1.54) is 0 Å². The molecule has 2 heterocycles. The van der Waals surface area contributed by atoms with E-state index < -0.39 is 0 Å². The number of ether oxygens (including phenoxy) is 3. The second kappa shape index (κ2) is 11.1. The van der Waals surface area contributed by atoms with E-state index in [0.29, 0.717) is 11.9 Å². The van der Waals surface area contributed by atoms with Crippen LogP contribution in [0.25, 0.3) is 21.9 Å². The third kappa shape index (κ3) is 5.27. The number of hydrogen-bond acceptors (Lipinski definition) is 7. The first-order chi connectivity index (χ1) is 15.5. The van der Waals surface area contributed by atoms with Gasteiger partial charge < -0.3 is 24.1 Å². The minimum atomic E-state index is -0.0778. The van der Waals surface area contributed by atoms with E-state index >= 15 is 0 Å². The summed E-state index contributed by atoms with van der Waals surface area (Å²) in [4.78, 5) is 16.6. The Balaban J connectivity index is 1.86. The number of pyridine rings is 2. The van der Waals surface area contributed by atoms with Gasteiger partial charge in [-0.25, -0.2) is 0 Å². The summed E-state index contributed by atoms with van der Waals surface area (Å²) in [6.07, 6.45) is 6.16. The van der Waals surface area contributed by atoms with Crippen molar-refractivity contribution in [2.24, 2.45) is 7.05 Å². The third-order valence-corrected chi connectivity index (χ3v) is 5.52. The zero-order chi connectivity index (χ0) is 23.1. The molecule has 1 aromatic carbocycles. The molecule has 0 aliphatic carbocycles. The fourth-order valence-electron chi connectivity index (χ4n) is 3.67. The number of hydrogen-bond donors (Lipinski definition) is 2. The highest BCUT2D eigenvalue weighted by Crippen LogP contribution is 2.37. The Morgan fingerprint density at radius 1 is 1.09 bits per heavy atom. The Morgan fingerprint density at radius 3 is 2.47 bits per heavy atom. The molecule has 3 aromatic rings. The van der Waals surface area contributed by atoms with Crippen molar-refractivity contribution < 1.29 is 14.2 Å². The maximum atomic E-state index is 12.5. The quantitative estimate of drug-likeness (QED) is 0.350. The highest BCUT2D eigenvalue weighted by atomic mass is 16.5. The van der Waals surface area contributed by atoms with E-state index in [2.05, 4.69) is 15.6 Å². The number of fused-ring (bicyclic) bond motifs is 1. The summed E-state index contributed by atoms with van der Waals surface area (Å²) in [6, 6.07) is 5.83. The molecule has 1 atom stereocenters. The summed E-state index contributed by atoms with van der Waals surface area (Å²) in [6.45, 7) is 4.30. The van der Waals surface area contributed by atoms with Gasteiger partial charge in [0.2, 0.25) is 0 Å². The van der Waals surface area contributed by atoms with Gasteiger partial charge in [-0.05, 0) is 55.6 Å². The van der Waals surface area contributed by atoms with Crippen LogP contribution in [0.3, 0.4) is 0 Å². The molecule has 32 heavy (non-hydrogen) atoms. The van der Waals surface area contributed by atoms with Crippen LogP contribution < -0.4 is 25.7 Å². The topological polar surface area (TPSA) is 86.6 Å². The van der Waals surface area contributed by atoms with Gasteiger partial charge >= 0.3 is 0 Å². The van der Waals surface area contributed by atoms with Gasteiger partial charge in [-0.2, -0.15) is 0 Å². The molecule has 0 saturated heterocycles. The predicted octanol–water partition coefficient (Wildman–Crippen LogP) is 2.68. The Hall–Kier alpha value is -2.94. The van der Waals surface area contributed by atoms with E-state index in [4.69, 9.17) is 14.2 Å². The Labute approximate surface area is 188 Å². The van der Waals surface area contributed by atoms with Gasteiger partial charge in [-0.1, -0.05) is 0 Å². The fourth-order valence-corrected chi connectivity index (χ4v) is 3.67. The molecule has 0 spiro atoms. The summed E-state index contributed by atoms with van der Waals surface area (Å²) in [5.41, 5.74) is 2.70. The van der Waals surface area contributed by atoms with Gasteiger partial charge in [0.15, 0.2) is 0 Å². The predicted molar refractivity (Wildman–Crippen MR) is 126 cm³/mol. The van der Waals surface area contributed by atoms with E-state index in [9.17, 15) is 4.79 Å². The number of nitrogens with one attached hydrogen (secondary N) is 2. The molecule has 0 fully saturated rings. The van der Waals surface area contributed by atoms with Crippen molar-refractivity contribution in [2.75, 3.05) is 34.4 Å². The van der Waals surface area contributed by atoms with Crippen LogP contribution in [-0.2, 0) is 18.3 Å². The normalized spacial score (nSPS) is 12.2. The average Bonchev–Trinajstić information content (AvgIpc) is 2.82. The lowest BCUT2D eigenvalue weighted by molar-refractivity contribution is 0.0894. The SMILES string of the molecule is COc1cc(-c2cn(C)c(=O)c3cnccc23)cc(OC)c1CNCCCNC(C)OC. The van der Waals surface area contributed by atoms with Crippen molar-refractivity contribution in [3.05, 3.63) is 52.7 Å². The second-order valence-electron chi connectivity index (χ2n) is 7.60. The molecule has 8 heteroatoms. The van der Waals surface area contributed by atoms with Crippen LogP contribution in [0.2, 0.25) is 0 Å². The van der Waals surface area contributed by atoms with Crippen molar-refractivity contribution >= 4 is 10.8 Å². The zero-order valence-corrected chi connectivity index (χ0v) is 19.4. The van der Waals surface area contributed by atoms with Gasteiger partial charge in [0.25, 0.3) is 5.56 Å². The fraction of sp³-hybridized carbons (Fsp3) is 0.417. The number of benzene rings is 1. The number of nitrogens with zero attached hydrogens (tertiary/aromatic N) is 2. The molecule has 0 aliphatic heterocycles. The molecule has 0 amide bonds. The van der Waals surface area contributed by atoms with Gasteiger partial charge in [-0.3, -0.25) is 15.1 Å². The molecule has 0 aliphatic rings. The first-order valence-corrected chi connectivity index (χ1v) is 10.7. The molecule has 0 radical (unpaired) electrons. The highest BCUT2D eigenvalue weighted by Gasteiger charge is 2.16. The summed E-state index contributed by atoms with van der Waals surface area (Å²) in [5, 5.41) is 8.16. The molecule has 3 rings (SSSR count). The van der Waals surface area contributed by atoms with Crippen LogP contribution in [0.5, 0.6) is 11.5 Å². The number of aryl methyl sites for hydroxylation is 1.